The minimum absolute atomic E-state index is 0.199. The summed E-state index contributed by atoms with van der Waals surface area (Å²) < 4.78 is 10.6. The summed E-state index contributed by atoms with van der Waals surface area (Å²) in [5, 5.41) is 3.33. The minimum atomic E-state index is -0.639. The first kappa shape index (κ1) is 17.4. The third-order valence-corrected chi connectivity index (χ3v) is 4.11. The van der Waals surface area contributed by atoms with Gasteiger partial charge < -0.3 is 14.4 Å². The van der Waals surface area contributed by atoms with Crippen LogP contribution in [0, 0.1) is 0 Å². The van der Waals surface area contributed by atoms with Crippen molar-refractivity contribution in [3.8, 4) is 0 Å². The lowest BCUT2D eigenvalue weighted by Crippen LogP contribution is -2.55. The Morgan fingerprint density at radius 2 is 2.20 bits per heavy atom. The van der Waals surface area contributed by atoms with Crippen LogP contribution in [0.2, 0.25) is 0 Å². The number of hydrogen-bond acceptors (Lipinski definition) is 5. The molecule has 5 heteroatoms. The van der Waals surface area contributed by atoms with E-state index in [1.54, 1.807) is 0 Å². The van der Waals surface area contributed by atoms with Gasteiger partial charge in [0.25, 0.3) is 0 Å². The number of carbonyl (C=O) groups is 1. The smallest absolute Gasteiger partial charge is 0.325 e. The van der Waals surface area contributed by atoms with Gasteiger partial charge in [-0.25, -0.2) is 0 Å². The minimum Gasteiger partial charge on any atom is -0.468 e. The van der Waals surface area contributed by atoms with Gasteiger partial charge in [-0.3, -0.25) is 10.1 Å². The molecule has 1 aliphatic heterocycles. The third-order valence-electron chi connectivity index (χ3n) is 4.11. The number of nitrogens with zero attached hydrogens (tertiary/aromatic N) is 1. The molecule has 0 spiro atoms. The number of carbonyl (C=O) groups excluding carboxylic acids is 1. The lowest BCUT2D eigenvalue weighted by atomic mass is 9.95. The Morgan fingerprint density at radius 1 is 1.55 bits per heavy atom. The number of hydrogen-bond donors (Lipinski definition) is 1. The van der Waals surface area contributed by atoms with E-state index in [9.17, 15) is 4.79 Å². The van der Waals surface area contributed by atoms with E-state index in [1.807, 2.05) is 20.8 Å². The molecule has 5 nitrogen and oxygen atoms in total. The monoisotopic (exact) mass is 286 g/mol. The summed E-state index contributed by atoms with van der Waals surface area (Å²) in [6.07, 6.45) is 2.05. The molecule has 0 aromatic heterocycles. The topological polar surface area (TPSA) is 50.8 Å². The number of methoxy groups -OCH3 is 1. The predicted octanol–water partition coefficient (Wildman–Crippen LogP) is 1.42. The summed E-state index contributed by atoms with van der Waals surface area (Å²) in [6.45, 7) is 9.77. The third kappa shape index (κ3) is 4.43. The number of nitrogens with one attached hydrogen (secondary N) is 1. The van der Waals surface area contributed by atoms with Gasteiger partial charge in [0.15, 0.2) is 0 Å². The van der Waals surface area contributed by atoms with Crippen molar-refractivity contribution in [2.45, 2.75) is 64.3 Å². The van der Waals surface area contributed by atoms with Crippen molar-refractivity contribution in [1.82, 2.24) is 10.2 Å². The maximum absolute atomic E-state index is 12.0. The molecule has 0 amide bonds. The van der Waals surface area contributed by atoms with E-state index in [2.05, 4.69) is 24.2 Å². The summed E-state index contributed by atoms with van der Waals surface area (Å²) in [6, 6.07) is 0.675. The molecule has 3 unspecified atom stereocenters. The molecule has 0 saturated carbocycles. The summed E-state index contributed by atoms with van der Waals surface area (Å²) in [7, 11) is 3.54. The highest BCUT2D eigenvalue weighted by atomic mass is 16.5. The van der Waals surface area contributed by atoms with Crippen LogP contribution in [0.3, 0.4) is 0 Å². The van der Waals surface area contributed by atoms with Gasteiger partial charge in [0, 0.05) is 25.2 Å². The number of likely N-dealkylation sites (N-methyl/N-ethyl adjacent to an activating group) is 1. The fourth-order valence-electron chi connectivity index (χ4n) is 2.96. The van der Waals surface area contributed by atoms with Crippen molar-refractivity contribution < 1.29 is 14.3 Å². The van der Waals surface area contributed by atoms with Crippen molar-refractivity contribution in [3.05, 3.63) is 0 Å². The Morgan fingerprint density at radius 3 is 2.65 bits per heavy atom. The summed E-state index contributed by atoms with van der Waals surface area (Å²) in [5.41, 5.74) is -0.639. The molecule has 1 heterocycles. The molecule has 1 N–H and O–H groups in total. The van der Waals surface area contributed by atoms with Gasteiger partial charge in [0.1, 0.15) is 5.54 Å². The molecule has 1 rings (SSSR count). The van der Waals surface area contributed by atoms with Crippen LogP contribution in [0.4, 0.5) is 0 Å². The van der Waals surface area contributed by atoms with E-state index >= 15 is 0 Å². The van der Waals surface area contributed by atoms with Crippen molar-refractivity contribution in [3.63, 3.8) is 0 Å². The zero-order valence-corrected chi connectivity index (χ0v) is 13.7. The van der Waals surface area contributed by atoms with Crippen LogP contribution >= 0.6 is 0 Å². The fourth-order valence-corrected chi connectivity index (χ4v) is 2.96. The van der Waals surface area contributed by atoms with E-state index in [4.69, 9.17) is 9.47 Å². The van der Waals surface area contributed by atoms with E-state index in [0.29, 0.717) is 6.04 Å². The van der Waals surface area contributed by atoms with E-state index in [-0.39, 0.29) is 18.1 Å². The largest absolute Gasteiger partial charge is 0.468 e. The molecule has 0 aromatic rings. The SMILES string of the molecule is COC(=O)C(C)(CCN(C)C1CCOC1C)NC(C)C. The second-order valence-electron chi connectivity index (χ2n) is 6.29. The molecule has 1 fully saturated rings. The van der Waals surface area contributed by atoms with Gasteiger partial charge in [-0.2, -0.15) is 0 Å². The van der Waals surface area contributed by atoms with Crippen LogP contribution in [0.5, 0.6) is 0 Å². The van der Waals surface area contributed by atoms with Gasteiger partial charge in [-0.05, 0) is 47.6 Å². The number of rotatable bonds is 7. The van der Waals surface area contributed by atoms with Crippen LogP contribution in [0.1, 0.15) is 40.5 Å². The zero-order valence-electron chi connectivity index (χ0n) is 13.7. The van der Waals surface area contributed by atoms with E-state index in [1.165, 1.54) is 7.11 Å². The molecule has 0 aliphatic carbocycles. The van der Waals surface area contributed by atoms with Crippen LogP contribution in [-0.4, -0.2) is 61.9 Å². The second-order valence-corrected chi connectivity index (χ2v) is 6.29. The van der Waals surface area contributed by atoms with Crippen molar-refractivity contribution in [2.75, 3.05) is 27.3 Å². The Bertz CT molecular complexity index is 322. The van der Waals surface area contributed by atoms with Crippen molar-refractivity contribution >= 4 is 5.97 Å². The number of esters is 1. The summed E-state index contributed by atoms with van der Waals surface area (Å²) >= 11 is 0. The van der Waals surface area contributed by atoms with E-state index < -0.39 is 5.54 Å². The standard InChI is InChI=1S/C15H30N2O3/c1-11(2)16-15(4,14(18)19-6)8-9-17(5)13-7-10-20-12(13)3/h11-13,16H,7-10H2,1-6H3. The van der Waals surface area contributed by atoms with Gasteiger partial charge in [0.05, 0.1) is 13.2 Å². The first-order valence-corrected chi connectivity index (χ1v) is 7.48. The van der Waals surface area contributed by atoms with Crippen LogP contribution in [-0.2, 0) is 14.3 Å². The van der Waals surface area contributed by atoms with Crippen LogP contribution in [0.15, 0.2) is 0 Å². The van der Waals surface area contributed by atoms with Gasteiger partial charge in [-0.15, -0.1) is 0 Å². The molecule has 20 heavy (non-hydrogen) atoms. The molecule has 0 bridgehead atoms. The highest BCUT2D eigenvalue weighted by molar-refractivity contribution is 5.80. The van der Waals surface area contributed by atoms with Crippen molar-refractivity contribution in [1.29, 1.82) is 0 Å². The second kappa shape index (κ2) is 7.38. The van der Waals surface area contributed by atoms with Gasteiger partial charge in [0.2, 0.25) is 0 Å². The molecular formula is C15H30N2O3. The van der Waals surface area contributed by atoms with Crippen LogP contribution in [0.25, 0.3) is 0 Å². The summed E-state index contributed by atoms with van der Waals surface area (Å²) in [5.74, 6) is -0.199. The molecule has 0 aromatic carbocycles. The quantitative estimate of drug-likeness (QED) is 0.717. The van der Waals surface area contributed by atoms with Crippen LogP contribution < -0.4 is 5.32 Å². The summed E-state index contributed by atoms with van der Waals surface area (Å²) in [4.78, 5) is 14.3. The lowest BCUT2D eigenvalue weighted by molar-refractivity contribution is -0.148. The lowest BCUT2D eigenvalue weighted by Gasteiger charge is -2.34. The maximum Gasteiger partial charge on any atom is 0.325 e. The predicted molar refractivity (Wildman–Crippen MR) is 79.8 cm³/mol. The Hall–Kier alpha value is -0.650. The molecule has 1 saturated heterocycles. The first-order valence-electron chi connectivity index (χ1n) is 7.48. The first-order chi connectivity index (χ1) is 9.30. The van der Waals surface area contributed by atoms with Gasteiger partial charge in [-0.1, -0.05) is 0 Å². The Labute approximate surface area is 123 Å². The van der Waals surface area contributed by atoms with E-state index in [0.717, 1.165) is 26.0 Å². The number of ether oxygens (including phenoxy) is 2. The molecule has 0 radical (unpaired) electrons. The normalized spacial score (nSPS) is 26.0. The van der Waals surface area contributed by atoms with Crippen molar-refractivity contribution in [2.24, 2.45) is 0 Å². The Balaban J connectivity index is 2.59. The molecule has 1 aliphatic rings. The molecule has 3 atom stereocenters. The fraction of sp³-hybridized carbons (Fsp3) is 0.933. The average molecular weight is 286 g/mol. The molecule has 118 valence electrons. The molecular weight excluding hydrogens is 256 g/mol. The Kier molecular flexibility index (Phi) is 6.43. The average Bonchev–Trinajstić information content (AvgIpc) is 2.80. The highest BCUT2D eigenvalue weighted by Gasteiger charge is 2.36. The van der Waals surface area contributed by atoms with Gasteiger partial charge >= 0.3 is 5.97 Å². The maximum atomic E-state index is 12.0. The zero-order chi connectivity index (χ0) is 15.3. The highest BCUT2D eigenvalue weighted by Crippen LogP contribution is 2.20.